The van der Waals surface area contributed by atoms with Gasteiger partial charge in [-0.1, -0.05) is 13.0 Å². The highest BCUT2D eigenvalue weighted by molar-refractivity contribution is 5.77. The molecule has 2 rings (SSSR count). The molecule has 0 saturated heterocycles. The maximum Gasteiger partial charge on any atom is 0.327 e. The highest BCUT2D eigenvalue weighted by Gasteiger charge is 2.22. The van der Waals surface area contributed by atoms with Crippen LogP contribution in [0.5, 0.6) is 5.75 Å². The fraction of sp³-hybridized carbons (Fsp3) is 0.500. The molecule has 0 radical (unpaired) electrons. The zero-order valence-electron chi connectivity index (χ0n) is 10.9. The van der Waals surface area contributed by atoms with Crippen molar-refractivity contribution in [2.45, 2.75) is 25.8 Å². The molecule has 98 valence electrons. The van der Waals surface area contributed by atoms with Gasteiger partial charge in [0, 0.05) is 6.42 Å². The Labute approximate surface area is 107 Å². The minimum Gasteiger partial charge on any atom is -0.493 e. The summed E-state index contributed by atoms with van der Waals surface area (Å²) in [5.41, 5.74) is 2.11. The molecule has 4 heteroatoms. The molecular formula is C14H19NO3. The molecule has 1 heterocycles. The van der Waals surface area contributed by atoms with E-state index in [0.29, 0.717) is 0 Å². The molecule has 0 aromatic heterocycles. The Morgan fingerprint density at radius 1 is 1.56 bits per heavy atom. The van der Waals surface area contributed by atoms with Crippen LogP contribution >= 0.6 is 0 Å². The van der Waals surface area contributed by atoms with Gasteiger partial charge < -0.3 is 14.8 Å². The van der Waals surface area contributed by atoms with Crippen molar-refractivity contribution in [2.24, 2.45) is 0 Å². The van der Waals surface area contributed by atoms with E-state index < -0.39 is 0 Å². The lowest BCUT2D eigenvalue weighted by Gasteiger charge is -2.17. The second-order valence-corrected chi connectivity index (χ2v) is 4.38. The van der Waals surface area contributed by atoms with E-state index >= 15 is 0 Å². The van der Waals surface area contributed by atoms with Gasteiger partial charge in [0.25, 0.3) is 0 Å². The lowest BCUT2D eigenvalue weighted by atomic mass is 10.0. The molecule has 1 aliphatic rings. The lowest BCUT2D eigenvalue weighted by Crippen LogP contribution is -2.30. The first-order valence-electron chi connectivity index (χ1n) is 6.33. The second kappa shape index (κ2) is 5.87. The van der Waals surface area contributed by atoms with Gasteiger partial charge >= 0.3 is 5.97 Å². The summed E-state index contributed by atoms with van der Waals surface area (Å²) in [6, 6.07) is 5.50. The predicted molar refractivity (Wildman–Crippen MR) is 68.7 cm³/mol. The molecule has 0 bridgehead atoms. The van der Waals surface area contributed by atoms with Crippen molar-refractivity contribution in [3.05, 3.63) is 29.3 Å². The molecule has 1 atom stereocenters. The summed E-state index contributed by atoms with van der Waals surface area (Å²) < 4.78 is 10.3. The molecule has 0 spiro atoms. The summed E-state index contributed by atoms with van der Waals surface area (Å²) in [5.74, 6) is 0.681. The Balaban J connectivity index is 2.21. The van der Waals surface area contributed by atoms with Crippen molar-refractivity contribution in [2.75, 3.05) is 20.3 Å². The summed E-state index contributed by atoms with van der Waals surface area (Å²) in [5, 5.41) is 3.21. The molecule has 18 heavy (non-hydrogen) atoms. The van der Waals surface area contributed by atoms with Crippen LogP contribution in [0.2, 0.25) is 0 Å². The fourth-order valence-electron chi connectivity index (χ4n) is 2.13. The lowest BCUT2D eigenvalue weighted by molar-refractivity contribution is -0.143. The van der Waals surface area contributed by atoms with Crippen molar-refractivity contribution in [1.29, 1.82) is 0 Å². The number of fused-ring (bicyclic) bond motifs is 1. The molecule has 0 amide bonds. The smallest absolute Gasteiger partial charge is 0.327 e. The quantitative estimate of drug-likeness (QED) is 0.809. The average Bonchev–Trinajstić information content (AvgIpc) is 2.86. The van der Waals surface area contributed by atoms with E-state index in [1.807, 2.05) is 18.2 Å². The highest BCUT2D eigenvalue weighted by Crippen LogP contribution is 2.28. The largest absolute Gasteiger partial charge is 0.493 e. The van der Waals surface area contributed by atoms with Gasteiger partial charge in [-0.05, 0) is 36.2 Å². The van der Waals surface area contributed by atoms with Crippen LogP contribution in [0.4, 0.5) is 0 Å². The van der Waals surface area contributed by atoms with E-state index in [-0.39, 0.29) is 12.0 Å². The molecule has 1 aromatic carbocycles. The van der Waals surface area contributed by atoms with Crippen LogP contribution in [-0.2, 0) is 16.0 Å². The second-order valence-electron chi connectivity index (χ2n) is 4.38. The van der Waals surface area contributed by atoms with Crippen LogP contribution in [0.15, 0.2) is 18.2 Å². The number of hydrogen-bond donors (Lipinski definition) is 1. The maximum absolute atomic E-state index is 11.8. The Bertz CT molecular complexity index is 431. The summed E-state index contributed by atoms with van der Waals surface area (Å²) in [6.45, 7) is 3.58. The first kappa shape index (κ1) is 12.9. The third kappa shape index (κ3) is 2.64. The Hall–Kier alpha value is -1.55. The number of nitrogens with one attached hydrogen (secondary N) is 1. The van der Waals surface area contributed by atoms with Gasteiger partial charge in [0.2, 0.25) is 0 Å². The normalized spacial score (nSPS) is 14.8. The fourth-order valence-corrected chi connectivity index (χ4v) is 2.13. The van der Waals surface area contributed by atoms with Gasteiger partial charge in [-0.2, -0.15) is 0 Å². The molecule has 4 nitrogen and oxygen atoms in total. The van der Waals surface area contributed by atoms with Crippen LogP contribution < -0.4 is 10.1 Å². The molecule has 1 unspecified atom stereocenters. The van der Waals surface area contributed by atoms with E-state index in [1.165, 1.54) is 12.7 Å². The topological polar surface area (TPSA) is 47.6 Å². The first-order valence-corrected chi connectivity index (χ1v) is 6.33. The zero-order valence-corrected chi connectivity index (χ0v) is 10.9. The average molecular weight is 249 g/mol. The number of esters is 1. The van der Waals surface area contributed by atoms with E-state index in [0.717, 1.165) is 37.3 Å². The van der Waals surface area contributed by atoms with Gasteiger partial charge in [-0.25, -0.2) is 4.79 Å². The van der Waals surface area contributed by atoms with Gasteiger partial charge in [0.1, 0.15) is 11.8 Å². The Morgan fingerprint density at radius 2 is 2.39 bits per heavy atom. The number of hydrogen-bond acceptors (Lipinski definition) is 4. The third-order valence-electron chi connectivity index (χ3n) is 3.08. The number of carbonyl (C=O) groups is 1. The Kier molecular flexibility index (Phi) is 4.20. The molecule has 0 aliphatic carbocycles. The van der Waals surface area contributed by atoms with Crippen molar-refractivity contribution in [3.63, 3.8) is 0 Å². The molecule has 1 N–H and O–H groups in total. The highest BCUT2D eigenvalue weighted by atomic mass is 16.5. The molecule has 0 saturated carbocycles. The third-order valence-corrected chi connectivity index (χ3v) is 3.08. The van der Waals surface area contributed by atoms with E-state index in [2.05, 4.69) is 12.2 Å². The van der Waals surface area contributed by atoms with E-state index in [9.17, 15) is 4.79 Å². The maximum atomic E-state index is 11.8. The van der Waals surface area contributed by atoms with Crippen LogP contribution in [0.1, 0.15) is 30.5 Å². The molecule has 0 fully saturated rings. The number of benzene rings is 1. The van der Waals surface area contributed by atoms with Crippen LogP contribution in [0, 0.1) is 0 Å². The minimum absolute atomic E-state index is 0.248. The minimum atomic E-state index is -0.388. The van der Waals surface area contributed by atoms with Gasteiger partial charge in [0.05, 0.1) is 13.7 Å². The number of ether oxygens (including phenoxy) is 2. The number of rotatable bonds is 5. The molecular weight excluding hydrogens is 230 g/mol. The van der Waals surface area contributed by atoms with Crippen molar-refractivity contribution >= 4 is 5.97 Å². The molecule has 1 aromatic rings. The summed E-state index contributed by atoms with van der Waals surface area (Å²) in [4.78, 5) is 11.8. The van der Waals surface area contributed by atoms with Gasteiger partial charge in [0.15, 0.2) is 0 Å². The number of methoxy groups -OCH3 is 1. The van der Waals surface area contributed by atoms with E-state index in [1.54, 1.807) is 0 Å². The first-order chi connectivity index (χ1) is 8.76. The van der Waals surface area contributed by atoms with E-state index in [4.69, 9.17) is 9.47 Å². The summed E-state index contributed by atoms with van der Waals surface area (Å²) in [6.07, 6.45) is 1.88. The predicted octanol–water partition coefficient (Wildman–Crippen LogP) is 1.84. The molecule has 1 aliphatic heterocycles. The SMILES string of the molecule is CCCNC(C(=O)OC)c1ccc2c(c1)CCO2. The zero-order chi connectivity index (χ0) is 13.0. The van der Waals surface area contributed by atoms with Crippen LogP contribution in [0.3, 0.4) is 0 Å². The van der Waals surface area contributed by atoms with Crippen molar-refractivity contribution < 1.29 is 14.3 Å². The van der Waals surface area contributed by atoms with Gasteiger partial charge in [-0.3, -0.25) is 0 Å². The van der Waals surface area contributed by atoms with Crippen molar-refractivity contribution in [3.8, 4) is 5.75 Å². The van der Waals surface area contributed by atoms with Crippen molar-refractivity contribution in [1.82, 2.24) is 5.32 Å². The Morgan fingerprint density at radius 3 is 3.11 bits per heavy atom. The summed E-state index contributed by atoms with van der Waals surface area (Å²) in [7, 11) is 1.42. The van der Waals surface area contributed by atoms with Gasteiger partial charge in [-0.15, -0.1) is 0 Å². The van der Waals surface area contributed by atoms with Crippen LogP contribution in [-0.4, -0.2) is 26.2 Å². The van der Waals surface area contributed by atoms with Crippen LogP contribution in [0.25, 0.3) is 0 Å². The standard InChI is InChI=1S/C14H19NO3/c1-3-7-15-13(14(16)17-2)11-4-5-12-10(9-11)6-8-18-12/h4-5,9,13,15H,3,6-8H2,1-2H3. The number of carbonyl (C=O) groups excluding carboxylic acids is 1. The summed E-state index contributed by atoms with van der Waals surface area (Å²) >= 11 is 0. The monoisotopic (exact) mass is 249 g/mol.